The van der Waals surface area contributed by atoms with Gasteiger partial charge in [-0.15, -0.1) is 0 Å². The summed E-state index contributed by atoms with van der Waals surface area (Å²) in [6, 6.07) is 33.2. The molecular weight excluding hydrogens is 589 g/mol. The van der Waals surface area contributed by atoms with Crippen molar-refractivity contribution in [2.45, 2.75) is 32.7 Å². The molecule has 0 saturated carbocycles. The van der Waals surface area contributed by atoms with Gasteiger partial charge in [0, 0.05) is 11.6 Å². The zero-order valence-electron chi connectivity index (χ0n) is 26.9. The second-order valence-electron chi connectivity index (χ2n) is 13.3. The quantitative estimate of drug-likeness (QED) is 0.154. The zero-order chi connectivity index (χ0) is 32.6. The number of halogens is 2. The number of benzene rings is 4. The van der Waals surface area contributed by atoms with Crippen LogP contribution in [0.2, 0.25) is 0 Å². The molecule has 0 heterocycles. The molecule has 2 aliphatic carbocycles. The van der Waals surface area contributed by atoms with E-state index in [2.05, 4.69) is 39.0 Å². The van der Waals surface area contributed by atoms with Crippen molar-refractivity contribution in [3.8, 4) is 0 Å². The Morgan fingerprint density at radius 3 is 2.04 bits per heavy atom. The van der Waals surface area contributed by atoms with E-state index in [9.17, 15) is 4.46 Å². The Labute approximate surface area is 272 Å². The van der Waals surface area contributed by atoms with Crippen molar-refractivity contribution in [2.24, 2.45) is 0 Å². The van der Waals surface area contributed by atoms with Crippen LogP contribution in [0.3, 0.4) is 0 Å². The van der Waals surface area contributed by atoms with Crippen molar-refractivity contribution >= 4 is 37.2 Å². The molecule has 0 fully saturated rings. The summed E-state index contributed by atoms with van der Waals surface area (Å²) in [5.74, 6) is 0. The van der Waals surface area contributed by atoms with Crippen molar-refractivity contribution in [1.82, 2.24) is 0 Å². The third-order valence-corrected chi connectivity index (χ3v) is 12.1. The lowest BCUT2D eigenvalue weighted by atomic mass is 9.84. The van der Waals surface area contributed by atoms with Crippen molar-refractivity contribution in [3.05, 3.63) is 172 Å². The smallest absolute Gasteiger partial charge is 0.325 e. The maximum Gasteiger partial charge on any atom is 0.587 e. The molecule has 0 radical (unpaired) electrons. The van der Waals surface area contributed by atoms with Gasteiger partial charge < -0.3 is 8.61 Å². The van der Waals surface area contributed by atoms with Crippen LogP contribution in [0.5, 0.6) is 0 Å². The first-order valence-corrected chi connectivity index (χ1v) is 17.0. The van der Waals surface area contributed by atoms with Gasteiger partial charge in [0.05, 0.1) is 25.2 Å². The summed E-state index contributed by atoms with van der Waals surface area (Å²) in [6.07, 6.45) is 6.88. The van der Waals surface area contributed by atoms with Crippen LogP contribution in [0.4, 0.5) is 8.78 Å². The van der Waals surface area contributed by atoms with Crippen molar-refractivity contribution in [3.63, 3.8) is 0 Å². The second-order valence-corrected chi connectivity index (χ2v) is 15.7. The second kappa shape index (κ2) is 12.3. The third kappa shape index (κ3) is 5.66. The molecule has 4 aromatic rings. The maximum atomic E-state index is 15.1. The van der Waals surface area contributed by atoms with Gasteiger partial charge in [0.2, 0.25) is 0 Å². The number of hydrogen-bond acceptors (Lipinski definition) is 1. The fourth-order valence-corrected chi connectivity index (χ4v) is 8.16. The van der Waals surface area contributed by atoms with Crippen molar-refractivity contribution in [1.29, 1.82) is 0 Å². The van der Waals surface area contributed by atoms with Crippen LogP contribution >= 0.6 is 0 Å². The van der Waals surface area contributed by atoms with Crippen LogP contribution in [0.25, 0.3) is 28.4 Å². The Morgan fingerprint density at radius 1 is 0.783 bits per heavy atom. The lowest BCUT2D eigenvalue weighted by Gasteiger charge is -2.41. The predicted octanol–water partition coefficient (Wildman–Crippen LogP) is 10.4. The average Bonchev–Trinajstić information content (AvgIpc) is 3.43. The summed E-state index contributed by atoms with van der Waals surface area (Å²) in [5, 5.41) is 0.868. The highest BCUT2D eigenvalue weighted by Crippen LogP contribution is 2.51. The van der Waals surface area contributed by atoms with Gasteiger partial charge in [0.25, 0.3) is 6.08 Å². The molecule has 2 aliphatic rings. The lowest BCUT2D eigenvalue weighted by molar-refractivity contribution is -0.837. The Hall–Kier alpha value is -4.58. The average molecular weight is 627 g/mol. The summed E-state index contributed by atoms with van der Waals surface area (Å²) in [5.41, 5.74) is 7.82. The topological polar surface area (TPSA) is 17.1 Å². The van der Waals surface area contributed by atoms with E-state index in [1.54, 1.807) is 12.1 Å². The first-order valence-electron chi connectivity index (χ1n) is 15.6. The Balaban J connectivity index is 1.62. The number of quaternary nitrogens is 1. The molecule has 6 rings (SSSR count). The fraction of sp³-hybridized carbons (Fsp3) is 0.171. The van der Waals surface area contributed by atoms with E-state index in [4.69, 9.17) is 0 Å². The molecule has 4 aromatic carbocycles. The number of nitrogens with zero attached hydrogens (tertiary/aromatic N) is 1. The maximum absolute atomic E-state index is 15.1. The number of hydrogen-bond donors (Lipinski definition) is 0. The molecule has 0 bridgehead atoms. The molecular formula is C41H38F2NOSi+. The van der Waals surface area contributed by atoms with E-state index in [1.165, 1.54) is 0 Å². The van der Waals surface area contributed by atoms with E-state index in [-0.39, 0.29) is 11.1 Å². The molecule has 2 nitrogen and oxygen atoms in total. The largest absolute Gasteiger partial charge is 0.587 e. The van der Waals surface area contributed by atoms with Gasteiger partial charge in [-0.05, 0) is 82.5 Å². The van der Waals surface area contributed by atoms with Crippen LogP contribution in [0.1, 0.15) is 66.1 Å². The van der Waals surface area contributed by atoms with Gasteiger partial charge in [-0.3, -0.25) is 0 Å². The lowest BCUT2D eigenvalue weighted by Crippen LogP contribution is -2.59. The molecule has 0 spiro atoms. The normalized spacial score (nSPS) is 14.9. The van der Waals surface area contributed by atoms with Crippen molar-refractivity contribution < 1.29 is 17.4 Å². The molecule has 46 heavy (non-hydrogen) atoms. The van der Waals surface area contributed by atoms with Crippen molar-refractivity contribution in [2.75, 3.05) is 14.1 Å². The van der Waals surface area contributed by atoms with Crippen LogP contribution in [-0.4, -0.2) is 32.6 Å². The van der Waals surface area contributed by atoms with E-state index >= 15 is 8.78 Å². The van der Waals surface area contributed by atoms with Gasteiger partial charge in [0.1, 0.15) is 0 Å². The minimum Gasteiger partial charge on any atom is -0.325 e. The molecule has 0 amide bonds. The van der Waals surface area contributed by atoms with E-state index in [0.717, 1.165) is 49.7 Å². The molecule has 0 unspecified atom stereocenters. The SMILES string of the molecule is CC(C)(C)[N+](C)(C)[Si](=O)C1=CC2=C(C1)c1c(C(=CC=Cc3ccccc3)c3ccccc3)cccc1C(=C(F)F)c1ccccc12. The summed E-state index contributed by atoms with van der Waals surface area (Å²) < 4.78 is 45.0. The molecule has 0 aliphatic heterocycles. The van der Waals surface area contributed by atoms with Crippen LogP contribution < -0.4 is 0 Å². The monoisotopic (exact) mass is 626 g/mol. The fourth-order valence-electron chi connectivity index (χ4n) is 6.24. The van der Waals surface area contributed by atoms with Gasteiger partial charge >= 0.3 is 8.84 Å². The highest BCUT2D eigenvalue weighted by atomic mass is 28.3. The summed E-state index contributed by atoms with van der Waals surface area (Å²) in [6.45, 7) is 6.31. The zero-order valence-corrected chi connectivity index (χ0v) is 27.9. The molecule has 0 atom stereocenters. The first kappa shape index (κ1) is 31.4. The number of rotatable bonds is 6. The number of fused-ring (bicyclic) bond motifs is 4. The Kier molecular flexibility index (Phi) is 8.40. The highest BCUT2D eigenvalue weighted by Gasteiger charge is 2.45. The van der Waals surface area contributed by atoms with Crippen LogP contribution in [-0.2, 0) is 4.46 Å². The van der Waals surface area contributed by atoms with Crippen LogP contribution in [0, 0.1) is 0 Å². The van der Waals surface area contributed by atoms with E-state index < -0.39 is 14.9 Å². The molecule has 0 N–H and O–H groups in total. The minimum atomic E-state index is -2.31. The minimum absolute atomic E-state index is 0.0532. The standard InChI is InChI=1S/C41H38F2NOSi/c1-41(2,3)44(4,5)46(45)30-26-36-32-21-12-13-22-34(32)39(40(42)43)35-25-15-24-33(38(35)37(36)27-30)31(29-19-10-7-11-20-29)23-14-18-28-16-8-6-9-17-28/h6-26H,27H2,1-5H3/q+1. The van der Waals surface area contributed by atoms with Gasteiger partial charge in [-0.25, -0.2) is 0 Å². The van der Waals surface area contributed by atoms with Crippen LogP contribution in [0.15, 0.2) is 133 Å². The first-order chi connectivity index (χ1) is 22.0. The summed E-state index contributed by atoms with van der Waals surface area (Å²) in [4.78, 5) is 0. The van der Waals surface area contributed by atoms with Gasteiger partial charge in [-0.1, -0.05) is 121 Å². The molecule has 230 valence electrons. The van der Waals surface area contributed by atoms with E-state index in [0.29, 0.717) is 21.7 Å². The van der Waals surface area contributed by atoms with E-state index in [1.807, 2.05) is 111 Å². The molecule has 0 aromatic heterocycles. The summed E-state index contributed by atoms with van der Waals surface area (Å²) in [7, 11) is 1.73. The van der Waals surface area contributed by atoms with Gasteiger partial charge in [0.15, 0.2) is 0 Å². The molecule has 0 saturated heterocycles. The Morgan fingerprint density at radius 2 is 1.39 bits per heavy atom. The molecule has 5 heteroatoms. The van der Waals surface area contributed by atoms with Gasteiger partial charge in [-0.2, -0.15) is 8.78 Å². The predicted molar refractivity (Wildman–Crippen MR) is 188 cm³/mol. The third-order valence-electron chi connectivity index (χ3n) is 9.51. The Bertz CT molecular complexity index is 1990. The number of allylic oxidation sites excluding steroid dienone is 6. The highest BCUT2D eigenvalue weighted by molar-refractivity contribution is 6.46. The summed E-state index contributed by atoms with van der Waals surface area (Å²) >= 11 is 0.